The van der Waals surface area contributed by atoms with Crippen molar-refractivity contribution in [2.45, 2.75) is 6.42 Å². The third-order valence-corrected chi connectivity index (χ3v) is 3.09. The van der Waals surface area contributed by atoms with E-state index < -0.39 is 4.92 Å². The smallest absolute Gasteiger partial charge is 0.271 e. The van der Waals surface area contributed by atoms with Crippen LogP contribution in [0.2, 0.25) is 5.02 Å². The Labute approximate surface area is 120 Å². The molecule has 0 aromatic heterocycles. The van der Waals surface area contributed by atoms with Gasteiger partial charge in [-0.25, -0.2) is 4.39 Å². The number of nitrogens with zero attached hydrogens (tertiary/aromatic N) is 1. The summed E-state index contributed by atoms with van der Waals surface area (Å²) in [5.41, 5.74) is 1.44. The van der Waals surface area contributed by atoms with Crippen molar-refractivity contribution in [2.75, 3.05) is 11.9 Å². The van der Waals surface area contributed by atoms with Gasteiger partial charge in [0, 0.05) is 18.7 Å². The van der Waals surface area contributed by atoms with Gasteiger partial charge in [-0.05, 0) is 30.2 Å². The lowest BCUT2D eigenvalue weighted by molar-refractivity contribution is -0.384. The molecule has 0 aliphatic carbocycles. The molecule has 104 valence electrons. The normalized spacial score (nSPS) is 10.3. The van der Waals surface area contributed by atoms with Gasteiger partial charge in [0.05, 0.1) is 15.6 Å². The highest BCUT2D eigenvalue weighted by atomic mass is 35.5. The van der Waals surface area contributed by atoms with Gasteiger partial charge in [0.25, 0.3) is 5.69 Å². The zero-order valence-corrected chi connectivity index (χ0v) is 11.2. The Kier molecular flexibility index (Phi) is 4.53. The SMILES string of the molecule is O=[N+]([O-])c1ccc(NCCc2cccc(F)c2)c(Cl)c1. The zero-order valence-electron chi connectivity index (χ0n) is 10.5. The van der Waals surface area contributed by atoms with Crippen molar-refractivity contribution < 1.29 is 9.31 Å². The molecule has 1 N–H and O–H groups in total. The minimum atomic E-state index is -0.498. The van der Waals surface area contributed by atoms with Crippen LogP contribution in [0.15, 0.2) is 42.5 Å². The van der Waals surface area contributed by atoms with E-state index in [0.29, 0.717) is 23.7 Å². The summed E-state index contributed by atoms with van der Waals surface area (Å²) in [6.07, 6.45) is 0.630. The predicted octanol–water partition coefficient (Wildman–Crippen LogP) is 4.04. The molecule has 0 radical (unpaired) electrons. The lowest BCUT2D eigenvalue weighted by Crippen LogP contribution is -2.05. The van der Waals surface area contributed by atoms with Gasteiger partial charge in [0.15, 0.2) is 0 Å². The van der Waals surface area contributed by atoms with Crippen LogP contribution in [0.4, 0.5) is 15.8 Å². The maximum absolute atomic E-state index is 13.0. The molecule has 0 saturated carbocycles. The number of benzene rings is 2. The quantitative estimate of drug-likeness (QED) is 0.669. The number of rotatable bonds is 5. The number of non-ortho nitro benzene ring substituents is 1. The number of nitro groups is 1. The van der Waals surface area contributed by atoms with E-state index >= 15 is 0 Å². The summed E-state index contributed by atoms with van der Waals surface area (Å²) in [5.74, 6) is -0.268. The molecule has 0 amide bonds. The maximum atomic E-state index is 13.0. The van der Waals surface area contributed by atoms with Gasteiger partial charge in [-0.1, -0.05) is 23.7 Å². The molecule has 0 bridgehead atoms. The summed E-state index contributed by atoms with van der Waals surface area (Å²) in [4.78, 5) is 10.1. The number of nitro benzene ring substituents is 1. The molecule has 0 spiro atoms. The highest BCUT2D eigenvalue weighted by molar-refractivity contribution is 6.33. The number of nitrogens with one attached hydrogen (secondary N) is 1. The monoisotopic (exact) mass is 294 g/mol. The van der Waals surface area contributed by atoms with E-state index in [4.69, 9.17) is 11.6 Å². The molecule has 0 heterocycles. The Balaban J connectivity index is 1.96. The van der Waals surface area contributed by atoms with Crippen molar-refractivity contribution in [2.24, 2.45) is 0 Å². The van der Waals surface area contributed by atoms with E-state index in [2.05, 4.69) is 5.32 Å². The highest BCUT2D eigenvalue weighted by Crippen LogP contribution is 2.26. The van der Waals surface area contributed by atoms with Crippen molar-refractivity contribution in [3.05, 3.63) is 69.0 Å². The third kappa shape index (κ3) is 3.68. The van der Waals surface area contributed by atoms with Gasteiger partial charge < -0.3 is 5.32 Å². The van der Waals surface area contributed by atoms with Crippen molar-refractivity contribution in [3.63, 3.8) is 0 Å². The number of hydrogen-bond acceptors (Lipinski definition) is 3. The first-order valence-electron chi connectivity index (χ1n) is 5.98. The van der Waals surface area contributed by atoms with Gasteiger partial charge in [-0.2, -0.15) is 0 Å². The first kappa shape index (κ1) is 14.3. The van der Waals surface area contributed by atoms with Gasteiger partial charge in [-0.15, -0.1) is 0 Å². The Hall–Kier alpha value is -2.14. The number of hydrogen-bond donors (Lipinski definition) is 1. The largest absolute Gasteiger partial charge is 0.384 e. The summed E-state index contributed by atoms with van der Waals surface area (Å²) in [6, 6.07) is 10.6. The standard InChI is InChI=1S/C14H12ClFN2O2/c15-13-9-12(18(19)20)4-5-14(13)17-7-6-10-2-1-3-11(16)8-10/h1-5,8-9,17H,6-7H2. The third-order valence-electron chi connectivity index (χ3n) is 2.78. The van der Waals surface area contributed by atoms with Crippen LogP contribution in [0.1, 0.15) is 5.56 Å². The molecule has 2 rings (SSSR count). The Morgan fingerprint density at radius 1 is 1.25 bits per heavy atom. The van der Waals surface area contributed by atoms with E-state index in [-0.39, 0.29) is 11.5 Å². The van der Waals surface area contributed by atoms with Crippen LogP contribution in [0.3, 0.4) is 0 Å². The number of halogens is 2. The molecule has 20 heavy (non-hydrogen) atoms. The summed E-state index contributed by atoms with van der Waals surface area (Å²) in [6.45, 7) is 0.557. The fourth-order valence-corrected chi connectivity index (χ4v) is 2.04. The van der Waals surface area contributed by atoms with E-state index in [1.54, 1.807) is 12.1 Å². The molecule has 0 atom stereocenters. The van der Waals surface area contributed by atoms with E-state index in [0.717, 1.165) is 5.56 Å². The highest BCUT2D eigenvalue weighted by Gasteiger charge is 2.08. The van der Waals surface area contributed by atoms with Crippen LogP contribution in [0.25, 0.3) is 0 Å². The molecule has 0 aliphatic rings. The summed E-state index contributed by atoms with van der Waals surface area (Å²) in [7, 11) is 0. The van der Waals surface area contributed by atoms with E-state index in [1.165, 1.54) is 24.3 Å². The molecular formula is C14H12ClFN2O2. The molecule has 0 aliphatic heterocycles. The summed E-state index contributed by atoms with van der Waals surface area (Å²) < 4.78 is 13.0. The van der Waals surface area contributed by atoms with Crippen molar-refractivity contribution in [1.82, 2.24) is 0 Å². The summed E-state index contributed by atoms with van der Waals surface area (Å²) in [5, 5.41) is 13.9. The fourth-order valence-electron chi connectivity index (χ4n) is 1.79. The van der Waals surface area contributed by atoms with Gasteiger partial charge in [0.2, 0.25) is 0 Å². The Morgan fingerprint density at radius 3 is 2.70 bits per heavy atom. The molecule has 0 unspecified atom stereocenters. The lowest BCUT2D eigenvalue weighted by atomic mass is 10.1. The molecular weight excluding hydrogens is 283 g/mol. The van der Waals surface area contributed by atoms with Crippen LogP contribution in [-0.4, -0.2) is 11.5 Å². The Bertz CT molecular complexity index is 634. The first-order chi connectivity index (χ1) is 9.56. The minimum absolute atomic E-state index is 0.0503. The molecule has 0 fully saturated rings. The predicted molar refractivity (Wildman–Crippen MR) is 76.7 cm³/mol. The zero-order chi connectivity index (χ0) is 14.5. The molecule has 0 saturated heterocycles. The average Bonchev–Trinajstić information content (AvgIpc) is 2.40. The van der Waals surface area contributed by atoms with Crippen LogP contribution in [0.5, 0.6) is 0 Å². The van der Waals surface area contributed by atoms with Gasteiger partial charge in [0.1, 0.15) is 5.82 Å². The Morgan fingerprint density at radius 2 is 2.05 bits per heavy atom. The second-order valence-electron chi connectivity index (χ2n) is 4.23. The van der Waals surface area contributed by atoms with Crippen LogP contribution >= 0.6 is 11.6 Å². The van der Waals surface area contributed by atoms with Crippen LogP contribution < -0.4 is 5.32 Å². The molecule has 2 aromatic carbocycles. The van der Waals surface area contributed by atoms with Crippen molar-refractivity contribution in [1.29, 1.82) is 0 Å². The molecule has 6 heteroatoms. The van der Waals surface area contributed by atoms with Crippen LogP contribution in [-0.2, 0) is 6.42 Å². The summed E-state index contributed by atoms with van der Waals surface area (Å²) >= 11 is 5.95. The van der Waals surface area contributed by atoms with Crippen molar-refractivity contribution in [3.8, 4) is 0 Å². The average molecular weight is 295 g/mol. The second kappa shape index (κ2) is 6.34. The van der Waals surface area contributed by atoms with E-state index in [1.807, 2.05) is 6.07 Å². The van der Waals surface area contributed by atoms with Gasteiger partial charge >= 0.3 is 0 Å². The molecule has 4 nitrogen and oxygen atoms in total. The van der Waals surface area contributed by atoms with Crippen molar-refractivity contribution >= 4 is 23.0 Å². The first-order valence-corrected chi connectivity index (χ1v) is 6.36. The molecule has 2 aromatic rings. The van der Waals surface area contributed by atoms with Gasteiger partial charge in [-0.3, -0.25) is 10.1 Å². The van der Waals surface area contributed by atoms with E-state index in [9.17, 15) is 14.5 Å². The van der Waals surface area contributed by atoms with Crippen LogP contribution in [0, 0.1) is 15.9 Å². The topological polar surface area (TPSA) is 55.2 Å². The fraction of sp³-hybridized carbons (Fsp3) is 0.143. The number of anilines is 1. The lowest BCUT2D eigenvalue weighted by Gasteiger charge is -2.08. The maximum Gasteiger partial charge on any atom is 0.271 e. The second-order valence-corrected chi connectivity index (χ2v) is 4.64. The minimum Gasteiger partial charge on any atom is -0.384 e.